The molecule has 0 radical (unpaired) electrons. The number of carboxylic acids is 1. The van der Waals surface area contributed by atoms with Gasteiger partial charge in [0.25, 0.3) is 0 Å². The van der Waals surface area contributed by atoms with Crippen LogP contribution in [0.15, 0.2) is 89.9 Å². The number of hydrogen-bond acceptors (Lipinski definition) is 2. The average Bonchev–Trinajstić information content (AvgIpc) is 2.73. The molecular weight excluding hydrogens is 377 g/mol. The van der Waals surface area contributed by atoms with Crippen LogP contribution in [0.25, 0.3) is 0 Å². The number of carbonyl (C=O) groups is 1. The number of nitrogens with zero attached hydrogens (tertiary/aromatic N) is 1. The molecule has 148 valence electrons. The van der Waals surface area contributed by atoms with E-state index < -0.39 is 19.9 Å². The first-order valence-corrected chi connectivity index (χ1v) is 11.2. The maximum Gasteiger partial charge on any atom is 0.328 e. The fourth-order valence-corrected chi connectivity index (χ4v) is 5.64. The Labute approximate surface area is 173 Å². The van der Waals surface area contributed by atoms with Crippen molar-refractivity contribution in [3.63, 3.8) is 0 Å². The third-order valence-corrected chi connectivity index (χ3v) is 7.10. The monoisotopic (exact) mass is 403 g/mol. The Morgan fingerprint density at radius 2 is 1.41 bits per heavy atom. The van der Waals surface area contributed by atoms with Gasteiger partial charge in [0, 0.05) is 11.8 Å². The van der Waals surface area contributed by atoms with Gasteiger partial charge in [-0.3, -0.25) is 4.99 Å². The summed E-state index contributed by atoms with van der Waals surface area (Å²) in [4.78, 5) is 16.1. The molecule has 0 unspecified atom stereocenters. The standard InChI is InChI=1S/C25H26NO2P/c1-19(2)17-23(25(27)28)26-18-20-11-9-10-16-24(20)29(21-12-5-3-6-13-21)22-14-7-4-8-15-22/h3-16,18-19,23H,17H2,1-2H3,(H,27,28)/t23-/m0/s1. The fourth-order valence-electron chi connectivity index (χ4n) is 3.22. The largest absolute Gasteiger partial charge is 0.480 e. The van der Waals surface area contributed by atoms with Crippen molar-refractivity contribution in [1.29, 1.82) is 0 Å². The summed E-state index contributed by atoms with van der Waals surface area (Å²) >= 11 is 0. The number of aliphatic imine (C=N–C) groups is 1. The minimum absolute atomic E-state index is 0.272. The fraction of sp³-hybridized carbons (Fsp3) is 0.200. The highest BCUT2D eigenvalue weighted by molar-refractivity contribution is 7.80. The normalized spacial score (nSPS) is 12.6. The molecule has 0 aliphatic heterocycles. The van der Waals surface area contributed by atoms with Crippen LogP contribution in [0.4, 0.5) is 0 Å². The van der Waals surface area contributed by atoms with Crippen molar-refractivity contribution in [3.8, 4) is 0 Å². The smallest absolute Gasteiger partial charge is 0.328 e. The maximum absolute atomic E-state index is 11.6. The molecule has 0 spiro atoms. The number of hydrogen-bond donors (Lipinski definition) is 1. The van der Waals surface area contributed by atoms with Crippen molar-refractivity contribution in [2.24, 2.45) is 10.9 Å². The molecule has 29 heavy (non-hydrogen) atoms. The van der Waals surface area contributed by atoms with Gasteiger partial charge in [-0.1, -0.05) is 98.8 Å². The molecule has 0 aliphatic rings. The van der Waals surface area contributed by atoms with E-state index in [9.17, 15) is 9.90 Å². The third kappa shape index (κ3) is 5.62. The zero-order chi connectivity index (χ0) is 20.6. The number of rotatable bonds is 8. The number of carboxylic acid groups (broad SMARTS) is 1. The lowest BCUT2D eigenvalue weighted by Gasteiger charge is -2.21. The SMILES string of the molecule is CC(C)C[C@H](N=Cc1ccccc1P(c1ccccc1)c1ccccc1)C(=O)O. The van der Waals surface area contributed by atoms with Gasteiger partial charge in [0.1, 0.15) is 6.04 Å². The minimum atomic E-state index is -0.874. The van der Waals surface area contributed by atoms with E-state index in [0.29, 0.717) is 6.42 Å². The highest BCUT2D eigenvalue weighted by Gasteiger charge is 2.20. The maximum atomic E-state index is 11.6. The first kappa shape index (κ1) is 21.0. The molecule has 3 aromatic rings. The summed E-state index contributed by atoms with van der Waals surface area (Å²) in [6, 6.07) is 28.4. The van der Waals surface area contributed by atoms with E-state index in [1.165, 1.54) is 15.9 Å². The molecule has 0 aliphatic carbocycles. The van der Waals surface area contributed by atoms with E-state index in [-0.39, 0.29) is 5.92 Å². The summed E-state index contributed by atoms with van der Waals surface area (Å²) in [5.74, 6) is -0.602. The lowest BCUT2D eigenvalue weighted by molar-refractivity contribution is -0.138. The highest BCUT2D eigenvalue weighted by atomic mass is 31.1. The average molecular weight is 403 g/mol. The van der Waals surface area contributed by atoms with E-state index >= 15 is 0 Å². The Balaban J connectivity index is 2.05. The van der Waals surface area contributed by atoms with Crippen molar-refractivity contribution in [2.75, 3.05) is 0 Å². The molecule has 0 amide bonds. The molecule has 0 aromatic heterocycles. The van der Waals surface area contributed by atoms with E-state index in [1.807, 2.05) is 44.2 Å². The van der Waals surface area contributed by atoms with Crippen molar-refractivity contribution < 1.29 is 9.90 Å². The molecule has 0 saturated carbocycles. The van der Waals surface area contributed by atoms with E-state index in [0.717, 1.165) is 5.56 Å². The van der Waals surface area contributed by atoms with Crippen LogP contribution in [0.2, 0.25) is 0 Å². The predicted octanol–water partition coefficient (Wildman–Crippen LogP) is 4.36. The molecule has 4 heteroatoms. The summed E-state index contributed by atoms with van der Waals surface area (Å²) in [6.07, 6.45) is 2.28. The molecule has 3 nitrogen and oxygen atoms in total. The van der Waals surface area contributed by atoms with Crippen molar-refractivity contribution in [3.05, 3.63) is 90.5 Å². The highest BCUT2D eigenvalue weighted by Crippen LogP contribution is 2.33. The van der Waals surface area contributed by atoms with Crippen molar-refractivity contribution in [2.45, 2.75) is 26.3 Å². The number of aliphatic carboxylic acids is 1. The lowest BCUT2D eigenvalue weighted by atomic mass is 10.0. The van der Waals surface area contributed by atoms with Crippen LogP contribution < -0.4 is 15.9 Å². The summed E-state index contributed by atoms with van der Waals surface area (Å²) < 4.78 is 0. The van der Waals surface area contributed by atoms with Crippen molar-refractivity contribution >= 4 is 36.0 Å². The Kier molecular flexibility index (Phi) is 7.32. The van der Waals surface area contributed by atoms with E-state index in [2.05, 4.69) is 59.6 Å². The van der Waals surface area contributed by atoms with Crippen molar-refractivity contribution in [1.82, 2.24) is 0 Å². The van der Waals surface area contributed by atoms with Gasteiger partial charge in [-0.2, -0.15) is 0 Å². The first-order chi connectivity index (χ1) is 14.1. The molecule has 0 saturated heterocycles. The topological polar surface area (TPSA) is 49.7 Å². The van der Waals surface area contributed by atoms with Gasteiger partial charge in [-0.05, 0) is 36.2 Å². The van der Waals surface area contributed by atoms with Crippen LogP contribution >= 0.6 is 7.92 Å². The van der Waals surface area contributed by atoms with Crippen LogP contribution in [0, 0.1) is 5.92 Å². The van der Waals surface area contributed by atoms with Crippen LogP contribution in [0.3, 0.4) is 0 Å². The Hall–Kier alpha value is -2.77. The summed E-state index contributed by atoms with van der Waals surface area (Å²) in [7, 11) is -0.768. The lowest BCUT2D eigenvalue weighted by Crippen LogP contribution is -2.24. The molecule has 1 N–H and O–H groups in total. The second kappa shape index (κ2) is 10.1. The predicted molar refractivity (Wildman–Crippen MR) is 124 cm³/mol. The summed E-state index contributed by atoms with van der Waals surface area (Å²) in [5, 5.41) is 13.2. The second-order valence-electron chi connectivity index (χ2n) is 7.33. The zero-order valence-corrected chi connectivity index (χ0v) is 17.7. The van der Waals surface area contributed by atoms with Gasteiger partial charge in [-0.25, -0.2) is 4.79 Å². The van der Waals surface area contributed by atoms with Gasteiger partial charge < -0.3 is 5.11 Å². The zero-order valence-electron chi connectivity index (χ0n) is 16.8. The second-order valence-corrected chi connectivity index (χ2v) is 9.51. The molecule has 0 fully saturated rings. The molecule has 0 bridgehead atoms. The molecule has 1 atom stereocenters. The molecule has 0 heterocycles. The Morgan fingerprint density at radius 3 is 1.93 bits per heavy atom. The van der Waals surface area contributed by atoms with Gasteiger partial charge in [0.05, 0.1) is 0 Å². The van der Waals surface area contributed by atoms with E-state index in [1.54, 1.807) is 6.21 Å². The van der Waals surface area contributed by atoms with Gasteiger partial charge in [-0.15, -0.1) is 0 Å². The molecule has 3 rings (SSSR count). The van der Waals surface area contributed by atoms with Crippen LogP contribution in [0.5, 0.6) is 0 Å². The Bertz CT molecular complexity index is 915. The van der Waals surface area contributed by atoms with Gasteiger partial charge in [0.15, 0.2) is 0 Å². The quantitative estimate of drug-likeness (QED) is 0.449. The van der Waals surface area contributed by atoms with Crippen LogP contribution in [-0.4, -0.2) is 23.3 Å². The van der Waals surface area contributed by atoms with Gasteiger partial charge in [0.2, 0.25) is 0 Å². The van der Waals surface area contributed by atoms with Crippen LogP contribution in [0.1, 0.15) is 25.8 Å². The number of benzene rings is 3. The van der Waals surface area contributed by atoms with E-state index in [4.69, 9.17) is 0 Å². The van der Waals surface area contributed by atoms with Crippen LogP contribution in [-0.2, 0) is 4.79 Å². The van der Waals surface area contributed by atoms with Gasteiger partial charge >= 0.3 is 5.97 Å². The molecule has 3 aromatic carbocycles. The first-order valence-electron chi connectivity index (χ1n) is 9.81. The summed E-state index contributed by atoms with van der Waals surface area (Å²) in [5.41, 5.74) is 0.973. The summed E-state index contributed by atoms with van der Waals surface area (Å²) in [6.45, 7) is 4.03. The third-order valence-electron chi connectivity index (χ3n) is 4.58. The Morgan fingerprint density at radius 1 is 0.897 bits per heavy atom. The minimum Gasteiger partial charge on any atom is -0.480 e. The molecular formula is C25H26NO2P.